The number of aromatic hydroxyl groups is 1. The molecule has 0 fully saturated rings. The van der Waals surface area contributed by atoms with Gasteiger partial charge in [0.1, 0.15) is 18.0 Å². The minimum atomic E-state index is -0.526. The van der Waals surface area contributed by atoms with Crippen LogP contribution in [0.1, 0.15) is 12.5 Å². The third-order valence-electron chi connectivity index (χ3n) is 3.82. The van der Waals surface area contributed by atoms with Crippen molar-refractivity contribution in [1.82, 2.24) is 19.7 Å². The Morgan fingerprint density at radius 2 is 2.15 bits per heavy atom. The highest BCUT2D eigenvalue weighted by molar-refractivity contribution is 5.79. The lowest BCUT2D eigenvalue weighted by Crippen LogP contribution is -2.16. The van der Waals surface area contributed by atoms with E-state index in [0.29, 0.717) is 23.9 Å². The molecule has 1 aromatic carbocycles. The van der Waals surface area contributed by atoms with Crippen molar-refractivity contribution in [3.63, 3.8) is 0 Å². The largest absolute Gasteiger partial charge is 0.508 e. The summed E-state index contributed by atoms with van der Waals surface area (Å²) in [4.78, 5) is 8.65. The van der Waals surface area contributed by atoms with Crippen molar-refractivity contribution in [2.45, 2.75) is 26.5 Å². The van der Waals surface area contributed by atoms with Gasteiger partial charge in [-0.3, -0.25) is 4.68 Å². The van der Waals surface area contributed by atoms with E-state index in [1.807, 2.05) is 13.0 Å². The molecule has 1 atom stereocenters. The summed E-state index contributed by atoms with van der Waals surface area (Å²) in [6.45, 7) is 3.99. The van der Waals surface area contributed by atoms with Crippen LogP contribution in [0.5, 0.6) is 5.75 Å². The number of benzene rings is 1. The smallest absolute Gasteiger partial charge is 0.223 e. The first-order valence-electron chi connectivity index (χ1n) is 8.47. The molecule has 8 heteroatoms. The molecule has 0 amide bonds. The van der Waals surface area contributed by atoms with Crippen LogP contribution >= 0.6 is 0 Å². The monoisotopic (exact) mass is 364 g/mol. The topological polar surface area (TPSA) is 120 Å². The molecular formula is C19H20N6O2. The maximum absolute atomic E-state index is 9.95. The summed E-state index contributed by atoms with van der Waals surface area (Å²) in [5.41, 5.74) is 3.59. The van der Waals surface area contributed by atoms with Gasteiger partial charge in [0.2, 0.25) is 5.95 Å². The number of aliphatic hydroxyl groups excluding tert-OH is 1. The Morgan fingerprint density at radius 1 is 1.33 bits per heavy atom. The van der Waals surface area contributed by atoms with Gasteiger partial charge in [-0.25, -0.2) is 9.97 Å². The summed E-state index contributed by atoms with van der Waals surface area (Å²) in [5.74, 6) is 0.534. The summed E-state index contributed by atoms with van der Waals surface area (Å²) in [6, 6.07) is 9.03. The standard InChI is InChI=1S/C19H20N6O2/c1-12-7-14(9-15(27)8-12)18-16(11-25(24-18)6-4-20)17-3-5-21-19(23-17)22-10-13(2)26/h3,5,7-9,11,13,26-27H,6,10H2,1-2H3,(H,21,22,23). The number of hydrogen-bond donors (Lipinski definition) is 3. The van der Waals surface area contributed by atoms with Crippen LogP contribution in [-0.4, -0.2) is 42.6 Å². The lowest BCUT2D eigenvalue weighted by molar-refractivity contribution is 0.208. The van der Waals surface area contributed by atoms with Gasteiger partial charge in [0, 0.05) is 30.1 Å². The number of phenols is 1. The summed E-state index contributed by atoms with van der Waals surface area (Å²) < 4.78 is 1.54. The quantitative estimate of drug-likeness (QED) is 0.614. The molecule has 3 N–H and O–H groups in total. The number of anilines is 1. The number of aromatic nitrogens is 4. The van der Waals surface area contributed by atoms with Gasteiger partial charge < -0.3 is 15.5 Å². The van der Waals surface area contributed by atoms with Crippen LogP contribution in [0.3, 0.4) is 0 Å². The number of nitriles is 1. The van der Waals surface area contributed by atoms with Crippen molar-refractivity contribution in [3.05, 3.63) is 42.2 Å². The van der Waals surface area contributed by atoms with Gasteiger partial charge in [-0.1, -0.05) is 0 Å². The molecule has 27 heavy (non-hydrogen) atoms. The van der Waals surface area contributed by atoms with Crippen LogP contribution in [0.2, 0.25) is 0 Å². The first-order valence-corrected chi connectivity index (χ1v) is 8.47. The minimum absolute atomic E-state index is 0.100. The van der Waals surface area contributed by atoms with Crippen molar-refractivity contribution < 1.29 is 10.2 Å². The molecule has 0 saturated carbocycles. The van der Waals surface area contributed by atoms with Crippen LogP contribution in [0.4, 0.5) is 5.95 Å². The predicted molar refractivity (Wildman–Crippen MR) is 101 cm³/mol. The zero-order valence-corrected chi connectivity index (χ0v) is 15.1. The molecule has 2 heterocycles. The number of phenolic OH excluding ortho intramolecular Hbond substituents is 1. The van der Waals surface area contributed by atoms with Crippen LogP contribution < -0.4 is 5.32 Å². The average Bonchev–Trinajstić information content (AvgIpc) is 3.04. The molecular weight excluding hydrogens is 344 g/mol. The van der Waals surface area contributed by atoms with Gasteiger partial charge in [0.25, 0.3) is 0 Å². The molecule has 0 radical (unpaired) electrons. The van der Waals surface area contributed by atoms with Crippen molar-refractivity contribution in [2.24, 2.45) is 0 Å². The highest BCUT2D eigenvalue weighted by atomic mass is 16.3. The minimum Gasteiger partial charge on any atom is -0.508 e. The normalized spacial score (nSPS) is 11.8. The van der Waals surface area contributed by atoms with Crippen LogP contribution in [0.25, 0.3) is 22.5 Å². The molecule has 0 aliphatic heterocycles. The van der Waals surface area contributed by atoms with E-state index in [1.54, 1.807) is 37.5 Å². The Labute approximate surface area is 156 Å². The summed E-state index contributed by atoms with van der Waals surface area (Å²) >= 11 is 0. The Hall–Kier alpha value is -3.44. The number of rotatable bonds is 6. The summed E-state index contributed by atoms with van der Waals surface area (Å²) in [5, 5.41) is 35.8. The second-order valence-corrected chi connectivity index (χ2v) is 6.30. The molecule has 0 bridgehead atoms. The van der Waals surface area contributed by atoms with Gasteiger partial charge in [-0.15, -0.1) is 0 Å². The summed E-state index contributed by atoms with van der Waals surface area (Å²) in [7, 11) is 0. The van der Waals surface area contributed by atoms with Crippen molar-refractivity contribution in [3.8, 4) is 34.3 Å². The molecule has 3 aromatic rings. The predicted octanol–water partition coefficient (Wildman–Crippen LogP) is 2.34. The van der Waals surface area contributed by atoms with E-state index in [2.05, 4.69) is 26.5 Å². The Morgan fingerprint density at radius 3 is 2.85 bits per heavy atom. The first kappa shape index (κ1) is 18.4. The summed E-state index contributed by atoms with van der Waals surface area (Å²) in [6.07, 6.45) is 2.84. The van der Waals surface area contributed by atoms with E-state index in [9.17, 15) is 10.2 Å². The molecule has 0 aliphatic rings. The lowest BCUT2D eigenvalue weighted by atomic mass is 10.0. The second-order valence-electron chi connectivity index (χ2n) is 6.30. The fraction of sp³-hybridized carbons (Fsp3) is 0.263. The van der Waals surface area contributed by atoms with Gasteiger partial charge >= 0.3 is 0 Å². The molecule has 8 nitrogen and oxygen atoms in total. The van der Waals surface area contributed by atoms with E-state index in [0.717, 1.165) is 16.7 Å². The lowest BCUT2D eigenvalue weighted by Gasteiger charge is -2.08. The van der Waals surface area contributed by atoms with Crippen molar-refractivity contribution in [1.29, 1.82) is 5.26 Å². The number of aryl methyl sites for hydroxylation is 1. The number of nitrogens with one attached hydrogen (secondary N) is 1. The SMILES string of the molecule is Cc1cc(O)cc(-c2nn(CC#N)cc2-c2ccnc(NCC(C)O)n2)c1. The van der Waals surface area contributed by atoms with Gasteiger partial charge in [0.15, 0.2) is 0 Å². The van der Waals surface area contributed by atoms with E-state index in [-0.39, 0.29) is 12.3 Å². The van der Waals surface area contributed by atoms with E-state index < -0.39 is 6.10 Å². The van der Waals surface area contributed by atoms with Gasteiger partial charge in [-0.2, -0.15) is 10.4 Å². The molecule has 0 spiro atoms. The first-order chi connectivity index (χ1) is 13.0. The highest BCUT2D eigenvalue weighted by Gasteiger charge is 2.16. The second kappa shape index (κ2) is 7.85. The maximum atomic E-state index is 9.95. The van der Waals surface area contributed by atoms with E-state index in [4.69, 9.17) is 5.26 Å². The fourth-order valence-corrected chi connectivity index (χ4v) is 2.71. The Bertz CT molecular complexity index is 970. The zero-order valence-electron chi connectivity index (χ0n) is 15.1. The highest BCUT2D eigenvalue weighted by Crippen LogP contribution is 2.32. The molecule has 0 aliphatic carbocycles. The van der Waals surface area contributed by atoms with Crippen LogP contribution in [-0.2, 0) is 6.54 Å². The Balaban J connectivity index is 2.07. The molecule has 2 aromatic heterocycles. The number of aliphatic hydroxyl groups is 1. The molecule has 1 unspecified atom stereocenters. The average molecular weight is 364 g/mol. The molecule has 0 saturated heterocycles. The van der Waals surface area contributed by atoms with Crippen molar-refractivity contribution in [2.75, 3.05) is 11.9 Å². The van der Waals surface area contributed by atoms with Gasteiger partial charge in [-0.05, 0) is 43.7 Å². The van der Waals surface area contributed by atoms with Crippen LogP contribution in [0.15, 0.2) is 36.7 Å². The third kappa shape index (κ3) is 4.40. The van der Waals surface area contributed by atoms with Crippen molar-refractivity contribution >= 4 is 5.95 Å². The fourth-order valence-electron chi connectivity index (χ4n) is 2.71. The third-order valence-corrected chi connectivity index (χ3v) is 3.82. The molecule has 138 valence electrons. The van der Waals surface area contributed by atoms with E-state index in [1.165, 1.54) is 4.68 Å². The number of nitrogens with zero attached hydrogens (tertiary/aromatic N) is 5. The van der Waals surface area contributed by atoms with Crippen LogP contribution in [0, 0.1) is 18.3 Å². The maximum Gasteiger partial charge on any atom is 0.223 e. The number of hydrogen-bond acceptors (Lipinski definition) is 7. The van der Waals surface area contributed by atoms with Gasteiger partial charge in [0.05, 0.1) is 17.9 Å². The van der Waals surface area contributed by atoms with E-state index >= 15 is 0 Å². The molecule has 3 rings (SSSR count). The Kier molecular flexibility index (Phi) is 5.33. The zero-order chi connectivity index (χ0) is 19.4.